The summed E-state index contributed by atoms with van der Waals surface area (Å²) in [4.78, 5) is 45.0. The first-order chi connectivity index (χ1) is 21.3. The second-order valence-electron chi connectivity index (χ2n) is 9.08. The number of benzene rings is 2. The average molecular weight is 643 g/mol. The topological polar surface area (TPSA) is 178 Å². The monoisotopic (exact) mass is 641 g/mol. The fourth-order valence-electron chi connectivity index (χ4n) is 4.01. The minimum absolute atomic E-state index is 0.135. The lowest BCUT2D eigenvalue weighted by Crippen LogP contribution is -2.34. The number of aromatic nitrogens is 6. The van der Waals surface area contributed by atoms with Crippen molar-refractivity contribution in [2.45, 2.75) is 19.4 Å². The van der Waals surface area contributed by atoms with Crippen LogP contribution in [-0.4, -0.2) is 75.0 Å². The molecule has 4 N–H and O–H groups in total. The highest BCUT2D eigenvalue weighted by Gasteiger charge is 2.23. The summed E-state index contributed by atoms with van der Waals surface area (Å²) < 4.78 is 11.3. The van der Waals surface area contributed by atoms with Crippen molar-refractivity contribution < 1.29 is 23.9 Å². The van der Waals surface area contributed by atoms with Crippen molar-refractivity contribution in [1.82, 2.24) is 40.8 Å². The van der Waals surface area contributed by atoms with Gasteiger partial charge < -0.3 is 25.1 Å². The number of hydrogen-bond acceptors (Lipinski definition) is 9. The number of amides is 3. The number of halogens is 2. The van der Waals surface area contributed by atoms with Gasteiger partial charge in [0.1, 0.15) is 23.0 Å². The Hall–Kier alpha value is -4.79. The third-order valence-electron chi connectivity index (χ3n) is 6.08. The summed E-state index contributed by atoms with van der Waals surface area (Å²) in [5, 5.41) is 20.0. The lowest BCUT2D eigenvalue weighted by atomic mass is 10.1. The number of aromatic amines is 1. The van der Waals surface area contributed by atoms with Crippen LogP contribution < -0.4 is 16.0 Å². The Kier molecular flexibility index (Phi) is 11.4. The molecule has 0 radical (unpaired) electrons. The van der Waals surface area contributed by atoms with E-state index in [1.54, 1.807) is 48.5 Å². The Morgan fingerprint density at radius 2 is 1.93 bits per heavy atom. The Labute approximate surface area is 262 Å². The number of H-pyrrole nitrogens is 1. The number of nitrogens with one attached hydrogen (secondary N) is 4. The zero-order valence-corrected chi connectivity index (χ0v) is 25.2. The van der Waals surface area contributed by atoms with Crippen LogP contribution in [0.5, 0.6) is 0 Å². The second-order valence-corrected chi connectivity index (χ2v) is 9.90. The van der Waals surface area contributed by atoms with Crippen molar-refractivity contribution in [2.24, 2.45) is 0 Å². The predicted octanol–water partition coefficient (Wildman–Crippen LogP) is 3.95. The molecular formula is C28H29Cl2N9O5. The van der Waals surface area contributed by atoms with Gasteiger partial charge in [-0.2, -0.15) is 4.68 Å². The molecule has 2 aromatic carbocycles. The van der Waals surface area contributed by atoms with E-state index in [1.807, 2.05) is 6.92 Å². The molecule has 16 heteroatoms. The van der Waals surface area contributed by atoms with Crippen LogP contribution in [0.4, 0.5) is 10.5 Å². The standard InChI is InChI=1S/C28H29Cl2N9O5/c1-3-44-13-12-31-24(41)15-21(27-35-25(26(30)36-27)17-4-8-20(9-5-17)33-28(42)43-2)34-23(40)11-6-18-14-19(29)7-10-22(18)39-16-32-37-38-39/h4-11,14,16,21H,3,12-13,15H2,1-2H3,(H,31,41)(H,33,42)(H,34,40)(H,35,36)/b11-6+/t21-/m0/s1. The molecule has 0 aliphatic heterocycles. The number of methoxy groups -OCH3 is 1. The Bertz CT molecular complexity index is 1610. The van der Waals surface area contributed by atoms with Gasteiger partial charge in [0.2, 0.25) is 11.8 Å². The first kappa shape index (κ1) is 32.1. The van der Waals surface area contributed by atoms with Crippen LogP contribution in [0.25, 0.3) is 23.0 Å². The number of anilines is 1. The molecule has 0 aliphatic carbocycles. The summed E-state index contributed by atoms with van der Waals surface area (Å²) in [7, 11) is 1.27. The van der Waals surface area contributed by atoms with E-state index in [-0.39, 0.29) is 23.3 Å². The highest BCUT2D eigenvalue weighted by molar-refractivity contribution is 6.32. The SMILES string of the molecule is CCOCCNC(=O)C[C@H](NC(=O)/C=C/c1cc(Cl)ccc1-n1cnnn1)c1nc(-c2ccc(NC(=O)OC)cc2)c(Cl)[nH]1. The number of carbonyl (C=O) groups is 3. The zero-order chi connectivity index (χ0) is 31.5. The third kappa shape index (κ3) is 8.86. The Morgan fingerprint density at radius 1 is 1.14 bits per heavy atom. The van der Waals surface area contributed by atoms with Gasteiger partial charge in [-0.15, -0.1) is 5.10 Å². The molecule has 0 aliphatic rings. The maximum absolute atomic E-state index is 13.1. The number of hydrogen-bond donors (Lipinski definition) is 4. The molecule has 4 rings (SSSR count). The van der Waals surface area contributed by atoms with E-state index in [4.69, 9.17) is 27.9 Å². The molecule has 0 unspecified atom stereocenters. The molecule has 44 heavy (non-hydrogen) atoms. The summed E-state index contributed by atoms with van der Waals surface area (Å²) in [6.45, 7) is 3.04. The quantitative estimate of drug-likeness (QED) is 0.124. The van der Waals surface area contributed by atoms with Crippen LogP contribution in [0, 0.1) is 0 Å². The van der Waals surface area contributed by atoms with Crippen LogP contribution in [-0.2, 0) is 19.1 Å². The highest BCUT2D eigenvalue weighted by Crippen LogP contribution is 2.29. The van der Waals surface area contributed by atoms with Crippen molar-refractivity contribution in [3.63, 3.8) is 0 Å². The third-order valence-corrected chi connectivity index (χ3v) is 6.59. The molecule has 3 amide bonds. The molecule has 2 heterocycles. The number of tetrazole rings is 1. The van der Waals surface area contributed by atoms with Gasteiger partial charge in [-0.25, -0.2) is 9.78 Å². The number of rotatable bonds is 13. The molecule has 0 fully saturated rings. The largest absolute Gasteiger partial charge is 0.453 e. The minimum atomic E-state index is -0.871. The molecule has 0 bridgehead atoms. The van der Waals surface area contributed by atoms with Gasteiger partial charge in [0.05, 0.1) is 31.9 Å². The number of ether oxygens (including phenoxy) is 2. The summed E-state index contributed by atoms with van der Waals surface area (Å²) in [6.07, 6.45) is 3.54. The van der Waals surface area contributed by atoms with Crippen molar-refractivity contribution in [3.05, 3.63) is 76.4 Å². The zero-order valence-electron chi connectivity index (χ0n) is 23.7. The van der Waals surface area contributed by atoms with Gasteiger partial charge in [-0.3, -0.25) is 14.9 Å². The fraction of sp³-hybridized carbons (Fsp3) is 0.250. The van der Waals surface area contributed by atoms with Gasteiger partial charge in [0, 0.05) is 41.1 Å². The van der Waals surface area contributed by atoms with Crippen molar-refractivity contribution in [3.8, 4) is 16.9 Å². The van der Waals surface area contributed by atoms with E-state index in [0.717, 1.165) is 0 Å². The molecular weight excluding hydrogens is 613 g/mol. The summed E-state index contributed by atoms with van der Waals surface area (Å²) in [6, 6.07) is 10.9. The van der Waals surface area contributed by atoms with Crippen LogP contribution in [0.3, 0.4) is 0 Å². The molecule has 230 valence electrons. The van der Waals surface area contributed by atoms with E-state index in [2.05, 4.69) is 46.2 Å². The summed E-state index contributed by atoms with van der Waals surface area (Å²) in [5.74, 6) is -0.574. The number of nitrogens with zero attached hydrogens (tertiary/aromatic N) is 5. The number of imidazole rings is 1. The lowest BCUT2D eigenvalue weighted by Gasteiger charge is -2.16. The maximum Gasteiger partial charge on any atom is 0.411 e. The van der Waals surface area contributed by atoms with Gasteiger partial charge >= 0.3 is 6.09 Å². The molecule has 0 saturated carbocycles. The molecule has 0 spiro atoms. The van der Waals surface area contributed by atoms with Crippen LogP contribution in [0.2, 0.25) is 10.2 Å². The van der Waals surface area contributed by atoms with Crippen LogP contribution >= 0.6 is 23.2 Å². The first-order valence-corrected chi connectivity index (χ1v) is 14.1. The van der Waals surface area contributed by atoms with Gasteiger partial charge in [0.15, 0.2) is 0 Å². The van der Waals surface area contributed by atoms with Crippen molar-refractivity contribution in [2.75, 3.05) is 32.2 Å². The normalized spacial score (nSPS) is 11.7. The molecule has 4 aromatic rings. The van der Waals surface area contributed by atoms with E-state index in [1.165, 1.54) is 24.2 Å². The Morgan fingerprint density at radius 3 is 2.64 bits per heavy atom. The van der Waals surface area contributed by atoms with E-state index < -0.39 is 18.0 Å². The summed E-state index contributed by atoms with van der Waals surface area (Å²) in [5.41, 5.74) is 2.72. The fourth-order valence-corrected chi connectivity index (χ4v) is 4.44. The van der Waals surface area contributed by atoms with E-state index in [9.17, 15) is 14.4 Å². The van der Waals surface area contributed by atoms with Crippen molar-refractivity contribution >= 4 is 52.9 Å². The molecule has 2 aromatic heterocycles. The average Bonchev–Trinajstić information content (AvgIpc) is 3.69. The van der Waals surface area contributed by atoms with Gasteiger partial charge in [-0.05, 0) is 53.8 Å². The highest BCUT2D eigenvalue weighted by atomic mass is 35.5. The van der Waals surface area contributed by atoms with Gasteiger partial charge in [0.25, 0.3) is 0 Å². The summed E-state index contributed by atoms with van der Waals surface area (Å²) >= 11 is 12.7. The van der Waals surface area contributed by atoms with E-state index in [0.29, 0.717) is 53.0 Å². The molecule has 0 saturated heterocycles. The molecule has 1 atom stereocenters. The van der Waals surface area contributed by atoms with Crippen molar-refractivity contribution in [1.29, 1.82) is 0 Å². The Balaban J connectivity index is 1.55. The van der Waals surface area contributed by atoms with Gasteiger partial charge in [-0.1, -0.05) is 35.3 Å². The smallest absolute Gasteiger partial charge is 0.411 e. The first-order valence-electron chi connectivity index (χ1n) is 13.3. The number of carbonyl (C=O) groups excluding carboxylic acids is 3. The second kappa shape index (κ2) is 15.6. The van der Waals surface area contributed by atoms with Crippen LogP contribution in [0.1, 0.15) is 30.8 Å². The maximum atomic E-state index is 13.1. The predicted molar refractivity (Wildman–Crippen MR) is 163 cm³/mol. The van der Waals surface area contributed by atoms with Crippen LogP contribution in [0.15, 0.2) is 54.9 Å². The molecule has 14 nitrogen and oxygen atoms in total. The lowest BCUT2D eigenvalue weighted by molar-refractivity contribution is -0.122. The van der Waals surface area contributed by atoms with E-state index >= 15 is 0 Å². The minimum Gasteiger partial charge on any atom is -0.453 e.